The van der Waals surface area contributed by atoms with E-state index in [4.69, 9.17) is 10.00 Å². The van der Waals surface area contributed by atoms with Crippen molar-refractivity contribution in [2.75, 3.05) is 6.54 Å². The summed E-state index contributed by atoms with van der Waals surface area (Å²) in [6.45, 7) is 7.94. The minimum absolute atomic E-state index is 0.398. The average molecular weight is 286 g/mol. The van der Waals surface area contributed by atoms with E-state index in [1.54, 1.807) is 0 Å². The van der Waals surface area contributed by atoms with Crippen LogP contribution in [0.25, 0.3) is 6.08 Å². The molecule has 0 aliphatic rings. The summed E-state index contributed by atoms with van der Waals surface area (Å²) in [5.74, 6) is 0. The van der Waals surface area contributed by atoms with Gasteiger partial charge >= 0.3 is 6.09 Å². The quantitative estimate of drug-likeness (QED) is 0.856. The van der Waals surface area contributed by atoms with Crippen molar-refractivity contribution in [3.05, 3.63) is 41.0 Å². The van der Waals surface area contributed by atoms with Gasteiger partial charge in [0, 0.05) is 6.54 Å². The van der Waals surface area contributed by atoms with Crippen LogP contribution in [0.3, 0.4) is 0 Å². The molecule has 0 saturated heterocycles. The lowest BCUT2D eigenvalue weighted by atomic mass is 10.1. The van der Waals surface area contributed by atoms with Crippen molar-refractivity contribution >= 4 is 12.2 Å². The van der Waals surface area contributed by atoms with E-state index in [9.17, 15) is 4.79 Å². The standard InChI is InChI=1S/C17H22N2O2/c1-13-11-14(8-9-15(13)12-18)7-5-6-10-19-16(20)21-17(2,3)4/h5,7-9,11H,6,10H2,1-4H3,(H,19,20). The largest absolute Gasteiger partial charge is 0.444 e. The maximum absolute atomic E-state index is 11.4. The van der Waals surface area contributed by atoms with E-state index >= 15 is 0 Å². The number of benzene rings is 1. The third kappa shape index (κ3) is 6.62. The predicted octanol–water partition coefficient (Wildman–Crippen LogP) is 3.79. The van der Waals surface area contributed by atoms with Crippen LogP contribution in [0, 0.1) is 18.3 Å². The second-order valence-corrected chi connectivity index (χ2v) is 5.81. The van der Waals surface area contributed by atoms with Crippen molar-refractivity contribution in [1.29, 1.82) is 5.26 Å². The van der Waals surface area contributed by atoms with E-state index in [1.165, 1.54) is 0 Å². The monoisotopic (exact) mass is 286 g/mol. The van der Waals surface area contributed by atoms with E-state index in [-0.39, 0.29) is 0 Å². The number of carbonyl (C=O) groups excluding carboxylic acids is 1. The molecule has 0 spiro atoms. The molecule has 0 radical (unpaired) electrons. The van der Waals surface area contributed by atoms with Gasteiger partial charge in [-0.15, -0.1) is 0 Å². The molecule has 0 saturated carbocycles. The molecule has 0 fully saturated rings. The molecular formula is C17H22N2O2. The highest BCUT2D eigenvalue weighted by molar-refractivity contribution is 5.67. The Balaban J connectivity index is 2.38. The fourth-order valence-electron chi connectivity index (χ4n) is 1.71. The molecule has 0 atom stereocenters. The topological polar surface area (TPSA) is 62.1 Å². The van der Waals surface area contributed by atoms with Gasteiger partial charge in [-0.05, 0) is 51.3 Å². The summed E-state index contributed by atoms with van der Waals surface area (Å²) in [6, 6.07) is 7.83. The first-order valence-electron chi connectivity index (χ1n) is 6.96. The Hall–Kier alpha value is -2.28. The van der Waals surface area contributed by atoms with Crippen molar-refractivity contribution in [2.24, 2.45) is 0 Å². The SMILES string of the molecule is Cc1cc(C=CCCNC(=O)OC(C)(C)C)ccc1C#N. The normalized spacial score (nSPS) is 11.2. The molecule has 0 aromatic heterocycles. The summed E-state index contributed by atoms with van der Waals surface area (Å²) in [6.07, 6.45) is 4.28. The third-order valence-electron chi connectivity index (χ3n) is 2.66. The van der Waals surface area contributed by atoms with Crippen molar-refractivity contribution < 1.29 is 9.53 Å². The molecular weight excluding hydrogens is 264 g/mol. The Kier molecular flexibility index (Phi) is 5.98. The van der Waals surface area contributed by atoms with Gasteiger partial charge in [0.2, 0.25) is 0 Å². The van der Waals surface area contributed by atoms with Gasteiger partial charge in [-0.2, -0.15) is 5.26 Å². The Labute approximate surface area is 126 Å². The minimum atomic E-state index is -0.472. The summed E-state index contributed by atoms with van der Waals surface area (Å²) >= 11 is 0. The molecule has 0 bridgehead atoms. The van der Waals surface area contributed by atoms with Gasteiger partial charge in [-0.25, -0.2) is 4.79 Å². The van der Waals surface area contributed by atoms with Crippen LogP contribution in [-0.4, -0.2) is 18.2 Å². The van der Waals surface area contributed by atoms with Crippen LogP contribution in [0.4, 0.5) is 4.79 Å². The van der Waals surface area contributed by atoms with Crippen LogP contribution in [0.15, 0.2) is 24.3 Å². The van der Waals surface area contributed by atoms with Gasteiger partial charge in [0.1, 0.15) is 5.60 Å². The number of alkyl carbamates (subject to hydrolysis) is 1. The smallest absolute Gasteiger partial charge is 0.407 e. The van der Waals surface area contributed by atoms with Gasteiger partial charge in [0.05, 0.1) is 11.6 Å². The van der Waals surface area contributed by atoms with E-state index < -0.39 is 11.7 Å². The van der Waals surface area contributed by atoms with Crippen LogP contribution in [0.2, 0.25) is 0 Å². The highest BCUT2D eigenvalue weighted by Crippen LogP contribution is 2.11. The molecule has 0 aliphatic carbocycles. The van der Waals surface area contributed by atoms with Gasteiger partial charge in [0.15, 0.2) is 0 Å². The Morgan fingerprint density at radius 1 is 1.43 bits per heavy atom. The number of hydrogen-bond acceptors (Lipinski definition) is 3. The van der Waals surface area contributed by atoms with E-state index in [2.05, 4.69) is 11.4 Å². The second-order valence-electron chi connectivity index (χ2n) is 5.81. The van der Waals surface area contributed by atoms with Crippen molar-refractivity contribution in [1.82, 2.24) is 5.32 Å². The Bertz CT molecular complexity index is 563. The van der Waals surface area contributed by atoms with Gasteiger partial charge in [-0.1, -0.05) is 24.3 Å². The zero-order valence-electron chi connectivity index (χ0n) is 13.1. The van der Waals surface area contributed by atoms with Crippen molar-refractivity contribution in [3.63, 3.8) is 0 Å². The predicted molar refractivity (Wildman–Crippen MR) is 83.8 cm³/mol. The molecule has 1 amide bonds. The van der Waals surface area contributed by atoms with Crippen LogP contribution in [0.5, 0.6) is 0 Å². The number of nitrogens with one attached hydrogen (secondary N) is 1. The Morgan fingerprint density at radius 2 is 2.14 bits per heavy atom. The molecule has 0 aliphatic heterocycles. The molecule has 0 unspecified atom stereocenters. The van der Waals surface area contributed by atoms with Crippen LogP contribution in [-0.2, 0) is 4.74 Å². The molecule has 1 aromatic rings. The van der Waals surface area contributed by atoms with Gasteiger partial charge in [-0.3, -0.25) is 0 Å². The molecule has 4 heteroatoms. The van der Waals surface area contributed by atoms with E-state index in [1.807, 2.05) is 58.0 Å². The zero-order chi connectivity index (χ0) is 15.9. The number of ether oxygens (including phenoxy) is 1. The highest BCUT2D eigenvalue weighted by Gasteiger charge is 2.15. The number of aryl methyl sites for hydroxylation is 1. The summed E-state index contributed by atoms with van der Waals surface area (Å²) < 4.78 is 5.14. The third-order valence-corrected chi connectivity index (χ3v) is 2.66. The number of hydrogen-bond donors (Lipinski definition) is 1. The van der Waals surface area contributed by atoms with Crippen LogP contribution in [0.1, 0.15) is 43.9 Å². The fourth-order valence-corrected chi connectivity index (χ4v) is 1.71. The van der Waals surface area contributed by atoms with Gasteiger partial charge in [0.25, 0.3) is 0 Å². The molecule has 1 rings (SSSR count). The zero-order valence-corrected chi connectivity index (χ0v) is 13.1. The van der Waals surface area contributed by atoms with Crippen LogP contribution < -0.4 is 5.32 Å². The number of amides is 1. The first kappa shape index (κ1) is 16.8. The highest BCUT2D eigenvalue weighted by atomic mass is 16.6. The first-order valence-corrected chi connectivity index (χ1v) is 6.96. The minimum Gasteiger partial charge on any atom is -0.444 e. The average Bonchev–Trinajstić information content (AvgIpc) is 2.36. The maximum atomic E-state index is 11.4. The lowest BCUT2D eigenvalue weighted by Gasteiger charge is -2.19. The lowest BCUT2D eigenvalue weighted by Crippen LogP contribution is -2.32. The molecule has 21 heavy (non-hydrogen) atoms. The van der Waals surface area contributed by atoms with E-state index in [0.717, 1.165) is 17.5 Å². The summed E-state index contributed by atoms with van der Waals surface area (Å²) in [5, 5.41) is 11.6. The molecule has 112 valence electrons. The van der Waals surface area contributed by atoms with Crippen molar-refractivity contribution in [2.45, 2.75) is 39.7 Å². The number of nitrogens with zero attached hydrogens (tertiary/aromatic N) is 1. The first-order chi connectivity index (χ1) is 9.81. The van der Waals surface area contributed by atoms with E-state index in [0.29, 0.717) is 12.1 Å². The molecule has 0 heterocycles. The summed E-state index contributed by atoms with van der Waals surface area (Å²) in [7, 11) is 0. The summed E-state index contributed by atoms with van der Waals surface area (Å²) in [4.78, 5) is 11.4. The molecule has 4 nitrogen and oxygen atoms in total. The van der Waals surface area contributed by atoms with Gasteiger partial charge < -0.3 is 10.1 Å². The second kappa shape index (κ2) is 7.49. The summed E-state index contributed by atoms with van der Waals surface area (Å²) in [5.41, 5.74) is 2.23. The number of nitriles is 1. The lowest BCUT2D eigenvalue weighted by molar-refractivity contribution is 0.0529. The van der Waals surface area contributed by atoms with Crippen LogP contribution >= 0.6 is 0 Å². The molecule has 1 aromatic carbocycles. The number of rotatable bonds is 4. The maximum Gasteiger partial charge on any atom is 0.407 e. The Morgan fingerprint density at radius 3 is 2.71 bits per heavy atom. The number of carbonyl (C=O) groups is 1. The fraction of sp³-hybridized carbons (Fsp3) is 0.412. The molecule has 1 N–H and O–H groups in total. The van der Waals surface area contributed by atoms with Crippen molar-refractivity contribution in [3.8, 4) is 6.07 Å².